The largest absolute Gasteiger partial charge is 0.451 e. The molecule has 8 saturated carbocycles. The van der Waals surface area contributed by atoms with E-state index in [0.717, 1.165) is 145 Å². The van der Waals surface area contributed by atoms with Gasteiger partial charge in [0.15, 0.2) is 63.1 Å². The lowest BCUT2D eigenvalue weighted by Crippen LogP contribution is -2.58. The molecule has 19 nitrogen and oxygen atoms in total. The first kappa shape index (κ1) is 95.5. The minimum atomic E-state index is -1.24. The maximum atomic E-state index is 13.2. The van der Waals surface area contributed by atoms with Crippen LogP contribution in [0.2, 0.25) is 0 Å². The van der Waals surface area contributed by atoms with Gasteiger partial charge in [-0.15, -0.1) is 0 Å². The van der Waals surface area contributed by atoms with Crippen molar-refractivity contribution in [2.45, 2.75) is 296 Å². The summed E-state index contributed by atoms with van der Waals surface area (Å²) in [6.45, 7) is 19.3. The van der Waals surface area contributed by atoms with E-state index in [0.29, 0.717) is 92.8 Å². The van der Waals surface area contributed by atoms with Gasteiger partial charge in [0, 0.05) is 144 Å². The number of esters is 3. The van der Waals surface area contributed by atoms with Crippen LogP contribution in [0.3, 0.4) is 0 Å². The monoisotopic (exact) mass is 1820 g/mol. The summed E-state index contributed by atoms with van der Waals surface area (Å²) >= 11 is 0. The Morgan fingerprint density at radius 1 is 0.388 bits per heavy atom. The number of nitrogens with two attached hydrogens (primary N) is 1. The van der Waals surface area contributed by atoms with Crippen LogP contribution in [-0.4, -0.2) is 127 Å². The summed E-state index contributed by atoms with van der Waals surface area (Å²) in [4.78, 5) is 142. The van der Waals surface area contributed by atoms with E-state index in [-0.39, 0.29) is 99.7 Å². The van der Waals surface area contributed by atoms with E-state index in [4.69, 9.17) is 19.9 Å². The summed E-state index contributed by atoms with van der Waals surface area (Å²) in [6.07, 6.45) is 30.8. The average Bonchev–Trinajstić information content (AvgIpc) is 1.52. The highest BCUT2D eigenvalue weighted by atomic mass is 16.6. The minimum Gasteiger partial charge on any atom is -0.451 e. The Hall–Kier alpha value is -10.3. The molecule has 0 heterocycles. The van der Waals surface area contributed by atoms with Crippen molar-refractivity contribution in [3.8, 4) is 0 Å². The third kappa shape index (κ3) is 15.8. The van der Waals surface area contributed by atoms with Gasteiger partial charge in [-0.25, -0.2) is 0 Å². The molecule has 710 valence electrons. The van der Waals surface area contributed by atoms with Crippen molar-refractivity contribution in [1.29, 1.82) is 0 Å². The van der Waals surface area contributed by atoms with E-state index in [1.165, 1.54) is 104 Å². The number of hydrogen-bond acceptors (Lipinski definition) is 19. The second-order valence-electron chi connectivity index (χ2n) is 44.1. The van der Waals surface area contributed by atoms with E-state index in [1.807, 2.05) is 65.6 Å². The molecule has 8 fully saturated rings. The molecule has 4 aromatic rings. The van der Waals surface area contributed by atoms with Gasteiger partial charge < -0.3 is 40.2 Å². The van der Waals surface area contributed by atoms with E-state index >= 15 is 0 Å². The predicted octanol–water partition coefficient (Wildman–Crippen LogP) is 20.9. The third-order valence-corrected chi connectivity index (χ3v) is 37.4. The standard InChI is InChI=1S/C30H37NO4.C29H35NO4.C28H33NO4.C28H35NO3/c1-18(32)30(35-19(2)33)15-14-27-25-12-8-21-16-23(34)11-13-24(21)28(25)26(17-29(27,30)3)20-6-9-22(10-7-20)31(4)5;1-17(31)29(34-18(2)32)14-13-26-24-11-7-20-15-22(33)10-12-23(20)27(24)25(16-28(26,29)3)19-5-8-21(30-4)9-6-19;1-16(30)28(33-17(2)31)13-12-25-23-10-6-19-14-21(32)9-11-22(19)26(23)24(15-27(25,28)3)18-4-7-20(29)8-5-18;1-17(30)28(32)14-13-25-23-11-7-19-15-21(31)10-12-22(19)26(23)24(16-27(25,28)2)18-5-8-20(9-6-18)29(3)4/h6-7,9-11,13,25-28H,8,12,14-17H2,1-5H3;5-6,8-9,15,24-26,30H,7,10-14,16H2,1-4H3;4-5,7-8,14,23-25H,6,9-13,15,29H2,1-3H3;5-6,8-9,15,23-25,32H,7,10-14,16H2,1-4H3/t25?,26?,27?,28?,29-,30?;24?,25?,26?,28-,29?;2*23?,24?,25?,27-,28?/m0000/s1. The molecule has 19 heteroatoms. The van der Waals surface area contributed by atoms with Crippen molar-refractivity contribution in [3.05, 3.63) is 211 Å². The molecule has 0 saturated heterocycles. The van der Waals surface area contributed by atoms with Crippen LogP contribution >= 0.6 is 0 Å². The number of Topliss-reactive ketones (excluding diaryl/α,β-unsaturated/α-hetero) is 4. The molecule has 4 aromatic carbocycles. The fourth-order valence-electron chi connectivity index (χ4n) is 31.4. The summed E-state index contributed by atoms with van der Waals surface area (Å²) in [5.74, 6) is 3.08. The molecule has 134 heavy (non-hydrogen) atoms. The summed E-state index contributed by atoms with van der Waals surface area (Å²) in [7, 11) is 10.1. The van der Waals surface area contributed by atoms with Crippen molar-refractivity contribution < 1.29 is 72.1 Å². The van der Waals surface area contributed by atoms with Crippen molar-refractivity contribution in [1.82, 2.24) is 0 Å². The van der Waals surface area contributed by atoms with Crippen molar-refractivity contribution in [2.24, 2.45) is 74.9 Å². The molecular formula is C115H140N4O15. The van der Waals surface area contributed by atoms with Crippen LogP contribution in [0, 0.1) is 74.9 Å². The summed E-state index contributed by atoms with van der Waals surface area (Å²) < 4.78 is 17.9. The normalized spacial score (nSPS) is 35.4. The van der Waals surface area contributed by atoms with Crippen LogP contribution in [-0.2, 0) is 67.0 Å². The number of hydrogen-bond donors (Lipinski definition) is 3. The Morgan fingerprint density at radius 3 is 1.13 bits per heavy atom. The first-order valence-corrected chi connectivity index (χ1v) is 49.9. The summed E-state index contributed by atoms with van der Waals surface area (Å²) in [5.41, 5.74) is 23.7. The molecular weight excluding hydrogens is 1680 g/mol. The molecule has 0 bridgehead atoms. The molecule has 0 aromatic heterocycles. The predicted molar refractivity (Wildman–Crippen MR) is 521 cm³/mol. The topological polar surface area (TPSA) is 280 Å². The van der Waals surface area contributed by atoms with Gasteiger partial charge in [-0.05, 0) is 369 Å². The van der Waals surface area contributed by atoms with Crippen LogP contribution in [0.15, 0.2) is 189 Å². The number of rotatable bonds is 14. The van der Waals surface area contributed by atoms with Gasteiger partial charge in [-0.2, -0.15) is 0 Å². The number of anilines is 4. The Bertz CT molecular complexity index is 5770. The highest BCUT2D eigenvalue weighted by molar-refractivity contribution is 5.97. The number of fused-ring (bicyclic) bond motifs is 16. The Kier molecular flexibility index (Phi) is 25.7. The number of ketones is 8. The lowest BCUT2D eigenvalue weighted by molar-refractivity contribution is -0.185. The third-order valence-electron chi connectivity index (χ3n) is 37.4. The number of benzene rings is 4. The number of carbonyl (C=O) groups is 11. The highest BCUT2D eigenvalue weighted by Gasteiger charge is 2.72. The zero-order valence-electron chi connectivity index (χ0n) is 81.9. The molecule has 4 N–H and O–H groups in total. The molecule has 20 rings (SSSR count). The zero-order valence-corrected chi connectivity index (χ0v) is 81.9. The number of aliphatic hydroxyl groups is 1. The fraction of sp³-hybridized carbons (Fsp3) is 0.557. The SMILES string of the molecule is CC(=O)C1(O)CCC2C3CCC4=CC(=O)CCC4=C3C(c3ccc(N(C)C)cc3)C[C@@]21C.CC(=O)OC1(C(C)=O)CCC2C3CCC4=C(C=CC(=O)C4)C3C(c3ccc(N(C)C)cc3)C[C@@]21C.CC(=O)OC1(C(C)=O)CCC2C3CCC4=CC(=O)CCC4=C3C(c3ccc(N)cc3)C[C@@]21C.CNc1ccc(C2C[C@@]3(C)C(CCC3(OC(C)=O)C(C)=O)C3CCC4=CC(=O)CCC4=C23)cc1. The number of allylic oxidation sites excluding steroid dienone is 16. The van der Waals surface area contributed by atoms with Crippen molar-refractivity contribution in [3.63, 3.8) is 0 Å². The number of nitrogens with zero attached hydrogens (tertiary/aromatic N) is 2. The molecule has 0 spiro atoms. The van der Waals surface area contributed by atoms with Gasteiger partial charge in [0.25, 0.3) is 0 Å². The average molecular weight is 1820 g/mol. The van der Waals surface area contributed by atoms with Gasteiger partial charge >= 0.3 is 17.9 Å². The van der Waals surface area contributed by atoms with E-state index < -0.39 is 44.1 Å². The van der Waals surface area contributed by atoms with Crippen LogP contribution in [0.25, 0.3) is 0 Å². The van der Waals surface area contributed by atoms with E-state index in [9.17, 15) is 57.8 Å². The smallest absolute Gasteiger partial charge is 0.303 e. The quantitative estimate of drug-likeness (QED) is 0.0601. The molecule has 21 atom stereocenters. The van der Waals surface area contributed by atoms with Crippen molar-refractivity contribution >= 4 is 86.9 Å². The number of nitrogens with one attached hydrogen (secondary N) is 1. The molecule has 0 aliphatic heterocycles. The molecule has 16 aliphatic rings. The summed E-state index contributed by atoms with van der Waals surface area (Å²) in [6, 6.07) is 34.2. The van der Waals surface area contributed by atoms with Crippen LogP contribution < -0.4 is 20.9 Å². The second kappa shape index (κ2) is 36.0. The van der Waals surface area contributed by atoms with Gasteiger partial charge in [0.1, 0.15) is 5.60 Å². The summed E-state index contributed by atoms with van der Waals surface area (Å²) in [5, 5.41) is 14.8. The van der Waals surface area contributed by atoms with Gasteiger partial charge in [0.05, 0.1) is 0 Å². The van der Waals surface area contributed by atoms with Gasteiger partial charge in [0.2, 0.25) is 0 Å². The van der Waals surface area contributed by atoms with E-state index in [2.05, 4.69) is 134 Å². The zero-order chi connectivity index (χ0) is 95.8. The fourth-order valence-corrected chi connectivity index (χ4v) is 31.4. The molecule has 0 amide bonds. The number of carbonyl (C=O) groups excluding carboxylic acids is 11. The first-order valence-electron chi connectivity index (χ1n) is 49.9. The molecule has 16 aliphatic carbocycles. The number of nitrogen functional groups attached to an aromatic ring is 1. The van der Waals surface area contributed by atoms with Crippen molar-refractivity contribution in [2.75, 3.05) is 56.1 Å². The Labute approximate surface area is 792 Å². The van der Waals surface area contributed by atoms with Crippen LogP contribution in [0.5, 0.6) is 0 Å². The highest BCUT2D eigenvalue weighted by Crippen LogP contribution is 2.73. The lowest BCUT2D eigenvalue weighted by Gasteiger charge is -2.57. The van der Waals surface area contributed by atoms with E-state index in [1.54, 1.807) is 33.8 Å². The number of ether oxygens (including phenoxy) is 3. The van der Waals surface area contributed by atoms with Crippen LogP contribution in [0.4, 0.5) is 22.7 Å². The first-order chi connectivity index (χ1) is 63.6. The maximum Gasteiger partial charge on any atom is 0.303 e. The van der Waals surface area contributed by atoms with Gasteiger partial charge in [-0.1, -0.05) is 105 Å². The maximum absolute atomic E-state index is 13.2. The minimum absolute atomic E-state index is 0.0308. The lowest BCUT2D eigenvalue weighted by atomic mass is 9.48. The Balaban J connectivity index is 0.000000124. The second-order valence-corrected chi connectivity index (χ2v) is 44.1. The Morgan fingerprint density at radius 2 is 0.746 bits per heavy atom. The molecule has 17 unspecified atom stereocenters. The van der Waals surface area contributed by atoms with Gasteiger partial charge in [-0.3, -0.25) is 52.7 Å². The van der Waals surface area contributed by atoms with Crippen LogP contribution in [0.1, 0.15) is 295 Å². The molecule has 0 radical (unpaired) electrons.